The highest BCUT2D eigenvalue weighted by Gasteiger charge is 2.44. The third-order valence-electron chi connectivity index (χ3n) is 12.5. The molecule has 3 aliphatic heterocycles. The molecule has 82 heavy (non-hydrogen) atoms. The number of likely N-dealkylation sites (N-methyl/N-ethyl adjacent to an activating group) is 3. The van der Waals surface area contributed by atoms with Crippen molar-refractivity contribution in [3.05, 3.63) is 177 Å². The van der Waals surface area contributed by atoms with Gasteiger partial charge >= 0.3 is 0 Å². The van der Waals surface area contributed by atoms with Crippen LogP contribution in [0.4, 0.5) is 43.4 Å². The molecule has 0 spiro atoms. The number of pyridine rings is 3. The standard InChI is InChI=1S/3C16H15ClF2N4O3S.CH4/c3*1-23-15(16(24)21-10-3-4-12(19)11(17)6-10)7-14(22-27(23,25)26)13-5-2-9(18)8-20-13;/h3*2-6,8,14-15,22H,7H2,1H3,(H,21,24);1H4/t2*14-,15+;;/m10../s1. The minimum atomic E-state index is -3.97. The lowest BCUT2D eigenvalue weighted by Gasteiger charge is -2.35. The van der Waals surface area contributed by atoms with Gasteiger partial charge in [-0.3, -0.25) is 29.3 Å². The summed E-state index contributed by atoms with van der Waals surface area (Å²) in [6, 6.07) is 12.8. The zero-order valence-corrected chi connectivity index (χ0v) is 46.7. The van der Waals surface area contributed by atoms with Crippen molar-refractivity contribution >= 4 is 100 Å². The number of rotatable bonds is 9. The lowest BCUT2D eigenvalue weighted by atomic mass is 10.0. The molecule has 440 valence electrons. The Morgan fingerprint density at radius 3 is 0.902 bits per heavy atom. The maximum atomic E-state index is 13.2. The zero-order chi connectivity index (χ0) is 59.3. The first-order valence-corrected chi connectivity index (χ1v) is 28.8. The number of benzene rings is 3. The number of halogens is 9. The highest BCUT2D eigenvalue weighted by Crippen LogP contribution is 2.32. The van der Waals surface area contributed by atoms with Crippen LogP contribution in [0.3, 0.4) is 0 Å². The molecule has 0 bridgehead atoms. The lowest BCUT2D eigenvalue weighted by Crippen LogP contribution is -2.56. The first-order chi connectivity index (χ1) is 38.0. The maximum Gasteiger partial charge on any atom is 0.280 e. The molecule has 6 heterocycles. The Kier molecular flexibility index (Phi) is 21.2. The van der Waals surface area contributed by atoms with Crippen molar-refractivity contribution in [3.8, 4) is 0 Å². The van der Waals surface area contributed by atoms with Gasteiger partial charge < -0.3 is 16.0 Å². The van der Waals surface area contributed by atoms with Crippen molar-refractivity contribution in [1.82, 2.24) is 42.0 Å². The molecule has 3 aliphatic rings. The van der Waals surface area contributed by atoms with Crippen molar-refractivity contribution in [2.45, 2.75) is 62.9 Å². The molecule has 3 saturated heterocycles. The fraction of sp³-hybridized carbons (Fsp3) is 0.265. The average molecular weight is 1270 g/mol. The van der Waals surface area contributed by atoms with E-state index in [1.54, 1.807) is 0 Å². The van der Waals surface area contributed by atoms with Crippen LogP contribution in [0, 0.1) is 34.9 Å². The van der Waals surface area contributed by atoms with E-state index in [4.69, 9.17) is 34.8 Å². The second-order valence-corrected chi connectivity index (χ2v) is 24.4. The molecule has 21 nitrogen and oxygen atoms in total. The molecule has 9 rings (SSSR count). The number of amides is 3. The average Bonchev–Trinajstić information content (AvgIpc) is 3.40. The number of nitrogens with one attached hydrogen (secondary N) is 6. The van der Waals surface area contributed by atoms with E-state index >= 15 is 0 Å². The van der Waals surface area contributed by atoms with E-state index < -0.39 is 120 Å². The number of carbonyl (C=O) groups excluding carboxylic acids is 3. The smallest absolute Gasteiger partial charge is 0.280 e. The Labute approximate surface area is 482 Å². The van der Waals surface area contributed by atoms with Crippen LogP contribution in [0.5, 0.6) is 0 Å². The van der Waals surface area contributed by atoms with Crippen LogP contribution in [0.25, 0.3) is 0 Å². The third kappa shape index (κ3) is 16.0. The summed E-state index contributed by atoms with van der Waals surface area (Å²) in [4.78, 5) is 49.5. The first kappa shape index (κ1) is 64.7. The Morgan fingerprint density at radius 2 is 0.695 bits per heavy atom. The molecule has 6 aromatic rings. The van der Waals surface area contributed by atoms with E-state index in [2.05, 4.69) is 45.1 Å². The number of anilines is 3. The molecular weight excluding hydrogens is 1220 g/mol. The molecule has 3 aromatic carbocycles. The fourth-order valence-electron chi connectivity index (χ4n) is 8.09. The summed E-state index contributed by atoms with van der Waals surface area (Å²) in [5.41, 5.74) is 1.55. The molecule has 3 fully saturated rings. The number of aromatic nitrogens is 3. The van der Waals surface area contributed by atoms with E-state index in [0.717, 1.165) is 67.9 Å². The van der Waals surface area contributed by atoms with Crippen molar-refractivity contribution in [2.75, 3.05) is 37.1 Å². The summed E-state index contributed by atoms with van der Waals surface area (Å²) in [7, 11) is -8.12. The number of nitrogens with zero attached hydrogens (tertiary/aromatic N) is 6. The van der Waals surface area contributed by atoms with Gasteiger partial charge in [-0.25, -0.2) is 26.3 Å². The molecular formula is C49H49Cl3F6N12O9S3. The van der Waals surface area contributed by atoms with E-state index in [0.29, 0.717) is 0 Å². The van der Waals surface area contributed by atoms with Crippen LogP contribution in [-0.4, -0.2) is 110 Å². The van der Waals surface area contributed by atoms with E-state index in [1.165, 1.54) is 75.7 Å². The predicted molar refractivity (Wildman–Crippen MR) is 292 cm³/mol. The van der Waals surface area contributed by atoms with Gasteiger partial charge in [0.25, 0.3) is 30.6 Å². The molecule has 33 heteroatoms. The topological polar surface area (TPSA) is 274 Å². The minimum absolute atomic E-state index is 0. The summed E-state index contributed by atoms with van der Waals surface area (Å²) in [6.45, 7) is 0. The van der Waals surface area contributed by atoms with Crippen molar-refractivity contribution in [2.24, 2.45) is 0 Å². The lowest BCUT2D eigenvalue weighted by molar-refractivity contribution is -0.120. The quantitative estimate of drug-likeness (QED) is 0.0777. The summed E-state index contributed by atoms with van der Waals surface area (Å²) >= 11 is 17.1. The maximum absolute atomic E-state index is 13.2. The van der Waals surface area contributed by atoms with Gasteiger partial charge in [-0.05, 0) is 110 Å². The Bertz CT molecular complexity index is 3300. The molecule has 3 amide bonds. The summed E-state index contributed by atoms with van der Waals surface area (Å²) in [5.74, 6) is -5.44. The van der Waals surface area contributed by atoms with E-state index in [-0.39, 0.29) is 75.9 Å². The molecule has 6 atom stereocenters. The Morgan fingerprint density at radius 1 is 0.451 bits per heavy atom. The summed E-state index contributed by atoms with van der Waals surface area (Å²) in [5, 5.41) is 7.05. The van der Waals surface area contributed by atoms with Gasteiger partial charge in [0.15, 0.2) is 0 Å². The molecule has 2 unspecified atom stereocenters. The molecule has 0 radical (unpaired) electrons. The van der Waals surface area contributed by atoms with Gasteiger partial charge in [0.05, 0.1) is 68.9 Å². The van der Waals surface area contributed by atoms with Gasteiger partial charge in [0.2, 0.25) is 17.7 Å². The van der Waals surface area contributed by atoms with Gasteiger partial charge in [-0.2, -0.15) is 52.3 Å². The van der Waals surface area contributed by atoms with E-state index in [9.17, 15) is 66.0 Å². The normalized spacial score (nSPS) is 22.1. The largest absolute Gasteiger partial charge is 0.325 e. The third-order valence-corrected chi connectivity index (χ3v) is 18.2. The SMILES string of the molecule is C.CN1C(C(=O)Nc2ccc(F)c(Cl)c2)CC(c2ccc(F)cn2)NS1(=O)=O.CN1[C@@H](C(=O)Nc2ccc(F)c(Cl)c2)C[C@@H](c2ccc(F)cn2)NS1(=O)=O.CN1[C@H](C(=O)Nc2ccc(F)c(Cl)c2)C[C@H](c2ccc(F)cn2)NS1(=O)=O. The molecule has 6 N–H and O–H groups in total. The molecule has 0 saturated carbocycles. The van der Waals surface area contributed by atoms with Crippen LogP contribution in [0.1, 0.15) is 61.9 Å². The van der Waals surface area contributed by atoms with E-state index in [1.807, 2.05) is 0 Å². The highest BCUT2D eigenvalue weighted by molar-refractivity contribution is 7.87. The van der Waals surface area contributed by atoms with Gasteiger partial charge in [0, 0.05) is 38.2 Å². The van der Waals surface area contributed by atoms with Gasteiger partial charge in [-0.1, -0.05) is 42.2 Å². The second-order valence-electron chi connectivity index (χ2n) is 17.9. The molecule has 3 aromatic heterocycles. The minimum Gasteiger partial charge on any atom is -0.325 e. The van der Waals surface area contributed by atoms with Crippen molar-refractivity contribution in [1.29, 1.82) is 0 Å². The Balaban J connectivity index is 0.000000197. The summed E-state index contributed by atoms with van der Waals surface area (Å²) in [6.07, 6.45) is 3.10. The highest BCUT2D eigenvalue weighted by atomic mass is 35.5. The first-order valence-electron chi connectivity index (χ1n) is 23.4. The van der Waals surface area contributed by atoms with Crippen LogP contribution in [-0.2, 0) is 45.0 Å². The van der Waals surface area contributed by atoms with Crippen LogP contribution in [0.2, 0.25) is 15.1 Å². The van der Waals surface area contributed by atoms with Gasteiger partial charge in [0.1, 0.15) is 53.0 Å². The number of hydrogen-bond donors (Lipinski definition) is 6. The monoisotopic (exact) mass is 1260 g/mol. The Hall–Kier alpha value is -6.42. The number of carbonyl (C=O) groups is 3. The van der Waals surface area contributed by atoms with Crippen LogP contribution in [0.15, 0.2) is 110 Å². The van der Waals surface area contributed by atoms with Crippen LogP contribution >= 0.6 is 34.8 Å². The van der Waals surface area contributed by atoms with Gasteiger partial charge in [-0.15, -0.1) is 0 Å². The molecule has 0 aliphatic carbocycles. The zero-order valence-electron chi connectivity index (χ0n) is 42.0. The fourth-order valence-corrected chi connectivity index (χ4v) is 12.4. The number of hydrogen-bond acceptors (Lipinski definition) is 12. The van der Waals surface area contributed by atoms with Crippen molar-refractivity contribution in [3.63, 3.8) is 0 Å². The predicted octanol–water partition coefficient (Wildman–Crippen LogP) is 7.33. The summed E-state index contributed by atoms with van der Waals surface area (Å²) < 4.78 is 163. The van der Waals surface area contributed by atoms with Crippen molar-refractivity contribution < 1.29 is 66.0 Å². The second kappa shape index (κ2) is 26.9. The van der Waals surface area contributed by atoms with Crippen LogP contribution < -0.4 is 30.1 Å².